The first kappa shape index (κ1) is 22.3. The number of hydrogen-bond donors (Lipinski definition) is 1. The lowest BCUT2D eigenvalue weighted by atomic mass is 10.1. The first-order valence-electron chi connectivity index (χ1n) is 10.5. The monoisotopic (exact) mass is 457 g/mol. The Morgan fingerprint density at radius 1 is 0.697 bits per heavy atom. The molecule has 4 aromatic carbocycles. The molecule has 0 aliphatic carbocycles. The number of rotatable bonds is 8. The molecule has 0 heterocycles. The molecular weight excluding hydrogens is 434 g/mol. The van der Waals surface area contributed by atoms with Gasteiger partial charge in [-0.15, -0.1) is 0 Å². The zero-order valence-electron chi connectivity index (χ0n) is 17.8. The van der Waals surface area contributed by atoms with Gasteiger partial charge >= 0.3 is 0 Å². The Bertz CT molecular complexity index is 1320. The molecular formula is C27H23NO4S. The van der Waals surface area contributed by atoms with Crippen LogP contribution in [0.15, 0.2) is 114 Å². The Balaban J connectivity index is 1.42. The molecule has 0 aliphatic heterocycles. The number of para-hydroxylation sites is 2. The molecule has 0 fully saturated rings. The number of carbonyl (C=O) groups excluding carboxylic acids is 1. The van der Waals surface area contributed by atoms with Gasteiger partial charge in [-0.2, -0.15) is 0 Å². The van der Waals surface area contributed by atoms with Crippen LogP contribution in [0.3, 0.4) is 0 Å². The summed E-state index contributed by atoms with van der Waals surface area (Å²) in [6.45, 7) is 0.203. The van der Waals surface area contributed by atoms with Crippen molar-refractivity contribution in [2.75, 3.05) is 5.32 Å². The van der Waals surface area contributed by atoms with Crippen LogP contribution in [-0.4, -0.2) is 14.3 Å². The van der Waals surface area contributed by atoms with Gasteiger partial charge in [0.1, 0.15) is 12.4 Å². The molecule has 0 spiro atoms. The van der Waals surface area contributed by atoms with E-state index in [-0.39, 0.29) is 23.2 Å². The number of hydrogen-bond acceptors (Lipinski definition) is 4. The number of amides is 1. The second-order valence-corrected chi connectivity index (χ2v) is 9.48. The van der Waals surface area contributed by atoms with E-state index in [0.29, 0.717) is 17.0 Å². The molecule has 166 valence electrons. The molecule has 4 rings (SSSR count). The van der Waals surface area contributed by atoms with Crippen molar-refractivity contribution in [2.45, 2.75) is 17.3 Å². The van der Waals surface area contributed by atoms with E-state index in [4.69, 9.17) is 4.74 Å². The summed E-state index contributed by atoms with van der Waals surface area (Å²) in [7, 11) is -3.44. The molecule has 0 radical (unpaired) electrons. The molecule has 1 amide bonds. The van der Waals surface area contributed by atoms with Crippen LogP contribution in [0.1, 0.15) is 21.5 Å². The van der Waals surface area contributed by atoms with Gasteiger partial charge in [0.15, 0.2) is 9.84 Å². The third kappa shape index (κ3) is 5.87. The molecule has 0 unspecified atom stereocenters. The lowest BCUT2D eigenvalue weighted by Gasteiger charge is -2.12. The molecule has 0 bridgehead atoms. The van der Waals surface area contributed by atoms with Gasteiger partial charge < -0.3 is 10.1 Å². The van der Waals surface area contributed by atoms with Crippen molar-refractivity contribution >= 4 is 21.4 Å². The number of ether oxygens (including phenoxy) is 1. The highest BCUT2D eigenvalue weighted by Gasteiger charge is 2.16. The van der Waals surface area contributed by atoms with Crippen molar-refractivity contribution in [3.63, 3.8) is 0 Å². The highest BCUT2D eigenvalue weighted by Crippen LogP contribution is 2.22. The minimum atomic E-state index is -3.44. The maximum Gasteiger partial charge on any atom is 0.259 e. The Hall–Kier alpha value is -3.90. The van der Waals surface area contributed by atoms with Crippen molar-refractivity contribution in [1.82, 2.24) is 0 Å². The van der Waals surface area contributed by atoms with E-state index < -0.39 is 9.84 Å². The lowest BCUT2D eigenvalue weighted by Crippen LogP contribution is -2.13. The summed E-state index contributed by atoms with van der Waals surface area (Å²) in [5.74, 6) is 0.138. The fourth-order valence-electron chi connectivity index (χ4n) is 3.33. The summed E-state index contributed by atoms with van der Waals surface area (Å²) in [4.78, 5) is 13.0. The molecule has 4 aromatic rings. The van der Waals surface area contributed by atoms with Crippen LogP contribution in [0.25, 0.3) is 0 Å². The van der Waals surface area contributed by atoms with Crippen molar-refractivity contribution in [1.29, 1.82) is 0 Å². The van der Waals surface area contributed by atoms with Crippen LogP contribution in [0, 0.1) is 0 Å². The minimum Gasteiger partial charge on any atom is -0.488 e. The van der Waals surface area contributed by atoms with Gasteiger partial charge in [0.25, 0.3) is 5.91 Å². The molecule has 0 saturated carbocycles. The summed E-state index contributed by atoms with van der Waals surface area (Å²) < 4.78 is 31.3. The topological polar surface area (TPSA) is 72.5 Å². The van der Waals surface area contributed by atoms with E-state index in [9.17, 15) is 13.2 Å². The van der Waals surface area contributed by atoms with Gasteiger partial charge in [-0.25, -0.2) is 8.42 Å². The Morgan fingerprint density at radius 2 is 1.30 bits per heavy atom. The zero-order valence-corrected chi connectivity index (χ0v) is 18.7. The van der Waals surface area contributed by atoms with Gasteiger partial charge in [0.05, 0.1) is 16.2 Å². The van der Waals surface area contributed by atoms with Gasteiger partial charge in [-0.3, -0.25) is 4.79 Å². The van der Waals surface area contributed by atoms with Crippen LogP contribution in [-0.2, 0) is 22.2 Å². The third-order valence-electron chi connectivity index (χ3n) is 5.04. The summed E-state index contributed by atoms with van der Waals surface area (Å²) >= 11 is 0. The first-order chi connectivity index (χ1) is 16.0. The van der Waals surface area contributed by atoms with Crippen molar-refractivity contribution in [3.8, 4) is 5.75 Å². The zero-order chi connectivity index (χ0) is 23.1. The van der Waals surface area contributed by atoms with E-state index in [2.05, 4.69) is 5.32 Å². The van der Waals surface area contributed by atoms with Crippen LogP contribution in [0.4, 0.5) is 5.69 Å². The average Bonchev–Trinajstić information content (AvgIpc) is 2.84. The van der Waals surface area contributed by atoms with Gasteiger partial charge in [0, 0.05) is 5.69 Å². The number of anilines is 1. The fraction of sp³-hybridized carbons (Fsp3) is 0.0741. The van der Waals surface area contributed by atoms with Crippen LogP contribution in [0.5, 0.6) is 5.75 Å². The largest absolute Gasteiger partial charge is 0.488 e. The highest BCUT2D eigenvalue weighted by atomic mass is 32.2. The Morgan fingerprint density at radius 3 is 2.00 bits per heavy atom. The van der Waals surface area contributed by atoms with Crippen LogP contribution in [0.2, 0.25) is 0 Å². The highest BCUT2D eigenvalue weighted by molar-refractivity contribution is 7.90. The Labute approximate surface area is 193 Å². The number of carbonyl (C=O) groups is 1. The third-order valence-corrected chi connectivity index (χ3v) is 6.74. The van der Waals surface area contributed by atoms with Crippen molar-refractivity contribution in [3.05, 3.63) is 126 Å². The van der Waals surface area contributed by atoms with Gasteiger partial charge in [0.2, 0.25) is 0 Å². The van der Waals surface area contributed by atoms with Crippen LogP contribution >= 0.6 is 0 Å². The van der Waals surface area contributed by atoms with Gasteiger partial charge in [-0.05, 0) is 47.5 Å². The maximum absolute atomic E-state index is 12.7. The molecule has 33 heavy (non-hydrogen) atoms. The standard InChI is InChI=1S/C27H23NO4S/c29-27(28-23-11-5-2-6-12-23)25-13-7-8-14-26(25)32-19-21-15-17-24(18-16-21)33(30,31)20-22-9-3-1-4-10-22/h1-18H,19-20H2,(H,28,29). The van der Waals surface area contributed by atoms with E-state index in [0.717, 1.165) is 11.1 Å². The second kappa shape index (κ2) is 10.1. The fourth-order valence-corrected chi connectivity index (χ4v) is 4.68. The lowest BCUT2D eigenvalue weighted by molar-refractivity contribution is 0.102. The van der Waals surface area contributed by atoms with E-state index in [1.54, 1.807) is 60.7 Å². The van der Waals surface area contributed by atoms with Gasteiger partial charge in [-0.1, -0.05) is 72.8 Å². The number of benzene rings is 4. The predicted molar refractivity (Wildman–Crippen MR) is 129 cm³/mol. The molecule has 0 aromatic heterocycles. The van der Waals surface area contributed by atoms with Crippen molar-refractivity contribution < 1.29 is 17.9 Å². The minimum absolute atomic E-state index is 0.0480. The Kier molecular flexibility index (Phi) is 6.86. The quantitative estimate of drug-likeness (QED) is 0.380. The summed E-state index contributed by atoms with van der Waals surface area (Å²) in [6, 6.07) is 31.9. The number of sulfone groups is 1. The SMILES string of the molecule is O=C(Nc1ccccc1)c1ccccc1OCc1ccc(S(=O)(=O)Cc2ccccc2)cc1. The predicted octanol–water partition coefficient (Wildman–Crippen LogP) is 5.49. The molecule has 6 heteroatoms. The smallest absolute Gasteiger partial charge is 0.259 e. The average molecular weight is 458 g/mol. The summed E-state index contributed by atoms with van der Waals surface area (Å²) in [5, 5.41) is 2.86. The molecule has 0 aliphatic rings. The second-order valence-electron chi connectivity index (χ2n) is 7.49. The first-order valence-corrected chi connectivity index (χ1v) is 12.1. The van der Waals surface area contributed by atoms with E-state index in [1.807, 2.05) is 48.5 Å². The summed E-state index contributed by atoms with van der Waals surface area (Å²) in [5.41, 5.74) is 2.66. The maximum atomic E-state index is 12.7. The van der Waals surface area contributed by atoms with E-state index >= 15 is 0 Å². The molecule has 0 saturated heterocycles. The van der Waals surface area contributed by atoms with Crippen molar-refractivity contribution in [2.24, 2.45) is 0 Å². The normalized spacial score (nSPS) is 11.0. The molecule has 0 atom stereocenters. The van der Waals surface area contributed by atoms with E-state index in [1.165, 1.54) is 0 Å². The molecule has 5 nitrogen and oxygen atoms in total. The summed E-state index contributed by atoms with van der Waals surface area (Å²) in [6.07, 6.45) is 0. The molecule has 1 N–H and O–H groups in total. The van der Waals surface area contributed by atoms with Crippen LogP contribution < -0.4 is 10.1 Å². The number of nitrogens with one attached hydrogen (secondary N) is 1.